The second-order valence-corrected chi connectivity index (χ2v) is 5.06. The highest BCUT2D eigenvalue weighted by molar-refractivity contribution is 4.80. The van der Waals surface area contributed by atoms with Crippen molar-refractivity contribution in [3.05, 3.63) is 0 Å². The molecule has 78 valence electrons. The molecule has 13 heavy (non-hydrogen) atoms. The average Bonchev–Trinajstić information content (AvgIpc) is 2.02. The maximum atomic E-state index is 9.54. The lowest BCUT2D eigenvalue weighted by molar-refractivity contribution is 0.0586. The van der Waals surface area contributed by atoms with Gasteiger partial charge >= 0.3 is 0 Å². The molecule has 0 saturated carbocycles. The second kappa shape index (κ2) is 4.43. The standard InChI is InChI=1S/C11H23NO/c1-4-10(13)8-12-7-5-6-11(2,3)9-12/h10,13H,4-9H2,1-3H3/t10-/m0/s1. The fourth-order valence-electron chi connectivity index (χ4n) is 2.13. The molecule has 0 spiro atoms. The van der Waals surface area contributed by atoms with Crippen LogP contribution in [0.1, 0.15) is 40.0 Å². The number of hydrogen-bond acceptors (Lipinski definition) is 2. The Labute approximate surface area is 81.9 Å². The number of aliphatic hydroxyl groups is 1. The smallest absolute Gasteiger partial charge is 0.0664 e. The largest absolute Gasteiger partial charge is 0.392 e. The van der Waals surface area contributed by atoms with Crippen LogP contribution < -0.4 is 0 Å². The predicted molar refractivity (Wildman–Crippen MR) is 55.8 cm³/mol. The summed E-state index contributed by atoms with van der Waals surface area (Å²) in [6.07, 6.45) is 3.35. The number of rotatable bonds is 3. The summed E-state index contributed by atoms with van der Waals surface area (Å²) in [5, 5.41) is 9.54. The Morgan fingerprint density at radius 1 is 1.46 bits per heavy atom. The Hall–Kier alpha value is -0.0800. The summed E-state index contributed by atoms with van der Waals surface area (Å²) in [4.78, 5) is 2.40. The number of aliphatic hydroxyl groups excluding tert-OH is 1. The van der Waals surface area contributed by atoms with E-state index in [0.717, 1.165) is 19.5 Å². The molecule has 0 amide bonds. The number of nitrogens with zero attached hydrogens (tertiary/aromatic N) is 1. The second-order valence-electron chi connectivity index (χ2n) is 5.06. The molecule has 1 aliphatic rings. The van der Waals surface area contributed by atoms with Crippen LogP contribution in [0.3, 0.4) is 0 Å². The summed E-state index contributed by atoms with van der Waals surface area (Å²) in [5.74, 6) is 0. The van der Waals surface area contributed by atoms with Gasteiger partial charge < -0.3 is 10.0 Å². The first-order chi connectivity index (χ1) is 6.03. The first kappa shape index (κ1) is 11.0. The molecule has 0 bridgehead atoms. The van der Waals surface area contributed by atoms with Crippen LogP contribution in [0.4, 0.5) is 0 Å². The molecule has 1 saturated heterocycles. The van der Waals surface area contributed by atoms with Gasteiger partial charge in [-0.1, -0.05) is 20.8 Å². The van der Waals surface area contributed by atoms with Crippen LogP contribution in [0.2, 0.25) is 0 Å². The van der Waals surface area contributed by atoms with E-state index in [2.05, 4.69) is 18.7 Å². The van der Waals surface area contributed by atoms with E-state index in [4.69, 9.17) is 0 Å². The quantitative estimate of drug-likeness (QED) is 0.725. The fraction of sp³-hybridized carbons (Fsp3) is 1.00. The lowest BCUT2D eigenvalue weighted by atomic mass is 9.84. The molecule has 1 atom stereocenters. The molecule has 0 unspecified atom stereocenters. The van der Waals surface area contributed by atoms with Crippen molar-refractivity contribution in [2.45, 2.75) is 46.1 Å². The summed E-state index contributed by atoms with van der Waals surface area (Å²) in [7, 11) is 0. The minimum absolute atomic E-state index is 0.131. The van der Waals surface area contributed by atoms with Crippen LogP contribution in [-0.2, 0) is 0 Å². The molecule has 0 radical (unpaired) electrons. The molecule has 2 nitrogen and oxygen atoms in total. The monoisotopic (exact) mass is 185 g/mol. The van der Waals surface area contributed by atoms with Crippen LogP contribution >= 0.6 is 0 Å². The lowest BCUT2D eigenvalue weighted by Gasteiger charge is -2.38. The summed E-state index contributed by atoms with van der Waals surface area (Å²) in [5.41, 5.74) is 0.450. The van der Waals surface area contributed by atoms with Crippen LogP contribution in [0.15, 0.2) is 0 Å². The summed E-state index contributed by atoms with van der Waals surface area (Å²) in [6.45, 7) is 9.85. The topological polar surface area (TPSA) is 23.5 Å². The van der Waals surface area contributed by atoms with Gasteiger partial charge in [0.25, 0.3) is 0 Å². The Kier molecular flexibility index (Phi) is 3.74. The highest BCUT2D eigenvalue weighted by Crippen LogP contribution is 2.28. The van der Waals surface area contributed by atoms with Gasteiger partial charge in [0.2, 0.25) is 0 Å². The van der Waals surface area contributed by atoms with Gasteiger partial charge in [-0.3, -0.25) is 0 Å². The molecular weight excluding hydrogens is 162 g/mol. The summed E-state index contributed by atoms with van der Waals surface area (Å²) >= 11 is 0. The summed E-state index contributed by atoms with van der Waals surface area (Å²) < 4.78 is 0. The van der Waals surface area contributed by atoms with Crippen molar-refractivity contribution >= 4 is 0 Å². The first-order valence-corrected chi connectivity index (χ1v) is 5.44. The first-order valence-electron chi connectivity index (χ1n) is 5.44. The van der Waals surface area contributed by atoms with E-state index in [0.29, 0.717) is 5.41 Å². The Bertz CT molecular complexity index is 156. The van der Waals surface area contributed by atoms with Gasteiger partial charge in [-0.25, -0.2) is 0 Å². The molecule has 1 heterocycles. The third kappa shape index (κ3) is 3.65. The van der Waals surface area contributed by atoms with Gasteiger partial charge in [0.1, 0.15) is 0 Å². The van der Waals surface area contributed by atoms with Crippen LogP contribution in [-0.4, -0.2) is 35.7 Å². The van der Waals surface area contributed by atoms with Crippen LogP contribution in [0.5, 0.6) is 0 Å². The van der Waals surface area contributed by atoms with Gasteiger partial charge in [-0.15, -0.1) is 0 Å². The zero-order valence-electron chi connectivity index (χ0n) is 9.21. The molecule has 0 aromatic rings. The Morgan fingerprint density at radius 3 is 2.69 bits per heavy atom. The molecule has 1 N–H and O–H groups in total. The Balaban J connectivity index is 2.34. The number of likely N-dealkylation sites (tertiary alicyclic amines) is 1. The lowest BCUT2D eigenvalue weighted by Crippen LogP contribution is -2.43. The summed E-state index contributed by atoms with van der Waals surface area (Å²) in [6, 6.07) is 0. The van der Waals surface area contributed by atoms with Crippen LogP contribution in [0.25, 0.3) is 0 Å². The van der Waals surface area contributed by atoms with Crippen molar-refractivity contribution in [1.82, 2.24) is 4.90 Å². The van der Waals surface area contributed by atoms with Gasteiger partial charge in [0.05, 0.1) is 6.10 Å². The van der Waals surface area contributed by atoms with Crippen molar-refractivity contribution < 1.29 is 5.11 Å². The predicted octanol–water partition coefficient (Wildman–Crippen LogP) is 1.88. The van der Waals surface area contributed by atoms with E-state index < -0.39 is 0 Å². The number of piperidine rings is 1. The van der Waals surface area contributed by atoms with Crippen molar-refractivity contribution in [3.8, 4) is 0 Å². The van der Waals surface area contributed by atoms with E-state index in [1.807, 2.05) is 6.92 Å². The zero-order valence-corrected chi connectivity index (χ0v) is 9.21. The zero-order chi connectivity index (χ0) is 9.90. The third-order valence-corrected chi connectivity index (χ3v) is 2.92. The highest BCUT2D eigenvalue weighted by atomic mass is 16.3. The highest BCUT2D eigenvalue weighted by Gasteiger charge is 2.26. The average molecular weight is 185 g/mol. The van der Waals surface area contributed by atoms with Crippen molar-refractivity contribution in [3.63, 3.8) is 0 Å². The maximum absolute atomic E-state index is 9.54. The third-order valence-electron chi connectivity index (χ3n) is 2.92. The van der Waals surface area contributed by atoms with E-state index in [-0.39, 0.29) is 6.10 Å². The molecule has 1 rings (SSSR count). The van der Waals surface area contributed by atoms with Gasteiger partial charge in [-0.05, 0) is 31.2 Å². The van der Waals surface area contributed by atoms with Crippen molar-refractivity contribution in [1.29, 1.82) is 0 Å². The van der Waals surface area contributed by atoms with Gasteiger partial charge in [0, 0.05) is 13.1 Å². The molecule has 0 aromatic heterocycles. The fourth-order valence-corrected chi connectivity index (χ4v) is 2.13. The minimum atomic E-state index is -0.131. The SMILES string of the molecule is CC[C@H](O)CN1CCCC(C)(C)C1. The van der Waals surface area contributed by atoms with E-state index in [1.165, 1.54) is 19.4 Å². The van der Waals surface area contributed by atoms with Crippen molar-refractivity contribution in [2.75, 3.05) is 19.6 Å². The molecule has 0 aromatic carbocycles. The van der Waals surface area contributed by atoms with Crippen LogP contribution in [0, 0.1) is 5.41 Å². The molecule has 2 heteroatoms. The Morgan fingerprint density at radius 2 is 2.15 bits per heavy atom. The number of β-amino-alcohol motifs (C(OH)–C–C–N with tert-alkyl or cyclic N) is 1. The van der Waals surface area contributed by atoms with E-state index in [9.17, 15) is 5.11 Å². The van der Waals surface area contributed by atoms with Gasteiger partial charge in [0.15, 0.2) is 0 Å². The van der Waals surface area contributed by atoms with Crippen molar-refractivity contribution in [2.24, 2.45) is 5.41 Å². The van der Waals surface area contributed by atoms with E-state index >= 15 is 0 Å². The molecule has 0 aliphatic carbocycles. The number of hydrogen-bond donors (Lipinski definition) is 1. The minimum Gasteiger partial charge on any atom is -0.392 e. The van der Waals surface area contributed by atoms with Gasteiger partial charge in [-0.2, -0.15) is 0 Å². The molecular formula is C11H23NO. The van der Waals surface area contributed by atoms with E-state index in [1.54, 1.807) is 0 Å². The molecule has 1 aliphatic heterocycles. The molecule has 1 fully saturated rings. The maximum Gasteiger partial charge on any atom is 0.0664 e. The normalized spacial score (nSPS) is 25.8.